The second-order valence-electron chi connectivity index (χ2n) is 5.58. The minimum atomic E-state index is -0.326. The highest BCUT2D eigenvalue weighted by Gasteiger charge is 2.14. The van der Waals surface area contributed by atoms with E-state index < -0.39 is 0 Å². The largest absolute Gasteiger partial charge is 0.466 e. The molecule has 0 aliphatic rings. The molecule has 0 radical (unpaired) electrons. The highest BCUT2D eigenvalue weighted by atomic mass is 16.5. The summed E-state index contributed by atoms with van der Waals surface area (Å²) in [5.74, 6) is -0.573. The monoisotopic (exact) mass is 330 g/mol. The highest BCUT2D eigenvalue weighted by Crippen LogP contribution is 2.15. The van der Waals surface area contributed by atoms with Gasteiger partial charge in [0.05, 0.1) is 6.61 Å². The van der Waals surface area contributed by atoms with Gasteiger partial charge < -0.3 is 9.47 Å². The Bertz CT molecular complexity index is 560. The molecule has 1 aromatic rings. The SMILES string of the molecule is C=C(/C=C/CCCOC(C)=O)C(CCc1ccccc1)OC(C)=O. The van der Waals surface area contributed by atoms with E-state index in [1.54, 1.807) is 0 Å². The predicted octanol–water partition coefficient (Wildman–Crippen LogP) is 4.01. The van der Waals surface area contributed by atoms with E-state index in [4.69, 9.17) is 9.47 Å². The first-order chi connectivity index (χ1) is 11.5. The van der Waals surface area contributed by atoms with Gasteiger partial charge in [-0.05, 0) is 36.8 Å². The number of rotatable bonds is 10. The van der Waals surface area contributed by atoms with E-state index >= 15 is 0 Å². The third-order valence-corrected chi connectivity index (χ3v) is 3.41. The Labute approximate surface area is 144 Å². The third kappa shape index (κ3) is 8.93. The number of hydrogen-bond acceptors (Lipinski definition) is 4. The Morgan fingerprint density at radius 1 is 1.17 bits per heavy atom. The van der Waals surface area contributed by atoms with E-state index in [0.29, 0.717) is 13.0 Å². The van der Waals surface area contributed by atoms with Crippen molar-refractivity contribution >= 4 is 11.9 Å². The van der Waals surface area contributed by atoms with Gasteiger partial charge in [0.15, 0.2) is 0 Å². The zero-order valence-corrected chi connectivity index (χ0v) is 14.5. The fraction of sp³-hybridized carbons (Fsp3) is 0.400. The zero-order valence-electron chi connectivity index (χ0n) is 14.5. The maximum Gasteiger partial charge on any atom is 0.303 e. The van der Waals surface area contributed by atoms with Crippen LogP contribution in [0.1, 0.15) is 38.7 Å². The second kappa shape index (κ2) is 11.2. The molecule has 1 aromatic carbocycles. The van der Waals surface area contributed by atoms with Crippen molar-refractivity contribution in [3.63, 3.8) is 0 Å². The van der Waals surface area contributed by atoms with Crippen molar-refractivity contribution in [2.24, 2.45) is 0 Å². The molecular weight excluding hydrogens is 304 g/mol. The second-order valence-corrected chi connectivity index (χ2v) is 5.58. The molecule has 24 heavy (non-hydrogen) atoms. The molecule has 1 rings (SSSR count). The summed E-state index contributed by atoms with van der Waals surface area (Å²) < 4.78 is 10.3. The number of esters is 2. The molecule has 0 N–H and O–H groups in total. The zero-order chi connectivity index (χ0) is 17.8. The summed E-state index contributed by atoms with van der Waals surface area (Å²) in [4.78, 5) is 22.0. The molecule has 0 amide bonds. The number of unbranched alkanes of at least 4 members (excludes halogenated alkanes) is 1. The van der Waals surface area contributed by atoms with Crippen LogP contribution in [0.5, 0.6) is 0 Å². The van der Waals surface area contributed by atoms with Crippen molar-refractivity contribution in [3.8, 4) is 0 Å². The molecule has 0 saturated carbocycles. The van der Waals surface area contributed by atoms with E-state index in [1.807, 2.05) is 30.4 Å². The summed E-state index contributed by atoms with van der Waals surface area (Å²) in [7, 11) is 0. The Hall–Kier alpha value is -2.36. The van der Waals surface area contributed by atoms with Crippen molar-refractivity contribution in [3.05, 3.63) is 60.2 Å². The fourth-order valence-corrected chi connectivity index (χ4v) is 2.22. The van der Waals surface area contributed by atoms with E-state index in [2.05, 4.69) is 18.7 Å². The van der Waals surface area contributed by atoms with Gasteiger partial charge in [-0.25, -0.2) is 0 Å². The highest BCUT2D eigenvalue weighted by molar-refractivity contribution is 5.66. The number of allylic oxidation sites excluding steroid dienone is 1. The minimum Gasteiger partial charge on any atom is -0.466 e. The average molecular weight is 330 g/mol. The van der Waals surface area contributed by atoms with E-state index in [1.165, 1.54) is 19.4 Å². The lowest BCUT2D eigenvalue weighted by atomic mass is 10.0. The van der Waals surface area contributed by atoms with Gasteiger partial charge in [-0.1, -0.05) is 49.1 Å². The summed E-state index contributed by atoms with van der Waals surface area (Å²) in [5.41, 5.74) is 1.97. The van der Waals surface area contributed by atoms with Gasteiger partial charge in [0.2, 0.25) is 0 Å². The lowest BCUT2D eigenvalue weighted by Crippen LogP contribution is -2.18. The molecule has 0 saturated heterocycles. The molecule has 0 spiro atoms. The topological polar surface area (TPSA) is 52.6 Å². The van der Waals surface area contributed by atoms with Crippen LogP contribution in [0.2, 0.25) is 0 Å². The Morgan fingerprint density at radius 3 is 2.50 bits per heavy atom. The van der Waals surface area contributed by atoms with Crippen molar-refractivity contribution in [2.75, 3.05) is 6.61 Å². The summed E-state index contributed by atoms with van der Waals surface area (Å²) in [5, 5.41) is 0. The van der Waals surface area contributed by atoms with Crippen molar-refractivity contribution in [2.45, 2.75) is 45.6 Å². The third-order valence-electron chi connectivity index (χ3n) is 3.41. The van der Waals surface area contributed by atoms with Gasteiger partial charge in [-0.2, -0.15) is 0 Å². The molecule has 0 bridgehead atoms. The first-order valence-corrected chi connectivity index (χ1v) is 8.19. The quantitative estimate of drug-likeness (QED) is 0.369. The molecule has 1 unspecified atom stereocenters. The lowest BCUT2D eigenvalue weighted by molar-refractivity contribution is -0.144. The Balaban J connectivity index is 2.45. The van der Waals surface area contributed by atoms with Crippen LogP contribution in [0.15, 0.2) is 54.6 Å². The molecule has 0 aromatic heterocycles. The maximum absolute atomic E-state index is 11.3. The number of benzene rings is 1. The molecule has 4 heteroatoms. The standard InChI is InChI=1S/C20H26O4/c1-16(10-6-5-9-15-23-17(2)21)20(24-18(3)22)14-13-19-11-7-4-8-12-19/h4,6-8,10-12,20H,1,5,9,13-15H2,2-3H3/b10-6+. The van der Waals surface area contributed by atoms with Crippen LogP contribution >= 0.6 is 0 Å². The molecular formula is C20H26O4. The van der Waals surface area contributed by atoms with Crippen molar-refractivity contribution in [1.82, 2.24) is 0 Å². The lowest BCUT2D eigenvalue weighted by Gasteiger charge is -2.17. The van der Waals surface area contributed by atoms with Crippen molar-refractivity contribution in [1.29, 1.82) is 0 Å². The van der Waals surface area contributed by atoms with Crippen molar-refractivity contribution < 1.29 is 19.1 Å². The molecule has 0 aliphatic carbocycles. The molecule has 0 fully saturated rings. The van der Waals surface area contributed by atoms with Crippen LogP contribution in [0.3, 0.4) is 0 Å². The molecule has 0 heterocycles. The van der Waals surface area contributed by atoms with Gasteiger partial charge in [-0.3, -0.25) is 9.59 Å². The van der Waals surface area contributed by atoms with Crippen LogP contribution in [0, 0.1) is 0 Å². The number of carbonyl (C=O) groups is 2. The van der Waals surface area contributed by atoms with Crippen LogP contribution in [0.4, 0.5) is 0 Å². The molecule has 130 valence electrons. The van der Waals surface area contributed by atoms with E-state index in [-0.39, 0.29) is 18.0 Å². The Morgan fingerprint density at radius 2 is 1.88 bits per heavy atom. The molecule has 0 aliphatic heterocycles. The number of ether oxygens (including phenoxy) is 2. The smallest absolute Gasteiger partial charge is 0.303 e. The maximum atomic E-state index is 11.3. The van der Waals surface area contributed by atoms with E-state index in [9.17, 15) is 9.59 Å². The summed E-state index contributed by atoms with van der Waals surface area (Å²) in [6.07, 6.45) is 6.56. The van der Waals surface area contributed by atoms with Crippen LogP contribution < -0.4 is 0 Å². The number of aryl methyl sites for hydroxylation is 1. The van der Waals surface area contributed by atoms with Crippen LogP contribution in [-0.2, 0) is 25.5 Å². The van der Waals surface area contributed by atoms with Crippen LogP contribution in [0.25, 0.3) is 0 Å². The first-order valence-electron chi connectivity index (χ1n) is 8.19. The average Bonchev–Trinajstić information content (AvgIpc) is 2.54. The van der Waals surface area contributed by atoms with Crippen LogP contribution in [-0.4, -0.2) is 24.6 Å². The fourth-order valence-electron chi connectivity index (χ4n) is 2.22. The minimum absolute atomic E-state index is 0.265. The van der Waals surface area contributed by atoms with Gasteiger partial charge in [0.25, 0.3) is 0 Å². The first kappa shape index (κ1) is 19.7. The number of carbonyl (C=O) groups excluding carboxylic acids is 2. The van der Waals surface area contributed by atoms with Gasteiger partial charge >= 0.3 is 11.9 Å². The normalized spacial score (nSPS) is 11.9. The summed E-state index contributed by atoms with van der Waals surface area (Å²) in [6.45, 7) is 7.23. The molecule has 1 atom stereocenters. The van der Waals surface area contributed by atoms with E-state index in [0.717, 1.165) is 24.8 Å². The van der Waals surface area contributed by atoms with Gasteiger partial charge in [0.1, 0.15) is 6.10 Å². The Kier molecular flexibility index (Phi) is 9.20. The summed E-state index contributed by atoms with van der Waals surface area (Å²) >= 11 is 0. The number of hydrogen-bond donors (Lipinski definition) is 0. The summed E-state index contributed by atoms with van der Waals surface area (Å²) in [6, 6.07) is 10.1. The molecule has 4 nitrogen and oxygen atoms in total. The predicted molar refractivity (Wildman–Crippen MR) is 94.5 cm³/mol. The van der Waals surface area contributed by atoms with Gasteiger partial charge in [-0.15, -0.1) is 0 Å². The van der Waals surface area contributed by atoms with Gasteiger partial charge in [0, 0.05) is 13.8 Å².